The van der Waals surface area contributed by atoms with Crippen molar-refractivity contribution in [3.63, 3.8) is 0 Å². The molecule has 0 bridgehead atoms. The van der Waals surface area contributed by atoms with E-state index in [9.17, 15) is 14.4 Å². The number of hydrogen-bond acceptors (Lipinski definition) is 6. The third-order valence-corrected chi connectivity index (χ3v) is 12.0. The Kier molecular flexibility index (Phi) is 57.5. The minimum absolute atomic E-state index is 0.107. The first kappa shape index (κ1) is 70.0. The normalized spacial score (nSPS) is 13.3. The van der Waals surface area contributed by atoms with Crippen LogP contribution in [0.1, 0.15) is 239 Å². The SMILES string of the molecule is CC/C=C\C/C=C\C/C=C\C/C=C\C/C=C\C/C=C\C/C=C\CCCCCCCCCC(=O)OCC(COC(=O)CCCCC/C=C\C/C=C\C/C=C\CC)OC(=O)CCCCCCC/C=C\C/C=C\C/C=C\CC. The van der Waals surface area contributed by atoms with E-state index in [0.29, 0.717) is 19.3 Å². The topological polar surface area (TPSA) is 78.9 Å². The minimum Gasteiger partial charge on any atom is -0.462 e. The van der Waals surface area contributed by atoms with Crippen LogP contribution in [0.4, 0.5) is 0 Å². The van der Waals surface area contributed by atoms with Crippen LogP contribution in [0.5, 0.6) is 0 Å². The molecular formula is C69H108O6. The zero-order valence-electron chi connectivity index (χ0n) is 48.0. The van der Waals surface area contributed by atoms with Gasteiger partial charge in [0.1, 0.15) is 13.2 Å². The summed E-state index contributed by atoms with van der Waals surface area (Å²) >= 11 is 0. The highest BCUT2D eigenvalue weighted by Gasteiger charge is 2.19. The van der Waals surface area contributed by atoms with Crippen LogP contribution in [0.3, 0.4) is 0 Å². The highest BCUT2D eigenvalue weighted by molar-refractivity contribution is 5.71. The van der Waals surface area contributed by atoms with Crippen LogP contribution < -0.4 is 0 Å². The molecule has 1 unspecified atom stereocenters. The Morgan fingerprint density at radius 2 is 0.480 bits per heavy atom. The Balaban J connectivity index is 4.38. The van der Waals surface area contributed by atoms with Crippen LogP contribution in [-0.2, 0) is 28.6 Å². The second-order valence-electron chi connectivity index (χ2n) is 19.1. The third kappa shape index (κ3) is 59.8. The summed E-state index contributed by atoms with van der Waals surface area (Å²) in [6.45, 7) is 6.23. The smallest absolute Gasteiger partial charge is 0.306 e. The van der Waals surface area contributed by atoms with E-state index >= 15 is 0 Å². The van der Waals surface area contributed by atoms with Crippen LogP contribution in [0.15, 0.2) is 158 Å². The molecule has 6 heteroatoms. The molecule has 0 aromatic heterocycles. The lowest BCUT2D eigenvalue weighted by molar-refractivity contribution is -0.167. The van der Waals surface area contributed by atoms with Gasteiger partial charge in [0.05, 0.1) is 0 Å². The molecule has 0 aliphatic rings. The van der Waals surface area contributed by atoms with E-state index in [0.717, 1.165) is 173 Å². The maximum absolute atomic E-state index is 12.9. The van der Waals surface area contributed by atoms with Gasteiger partial charge in [0.25, 0.3) is 0 Å². The van der Waals surface area contributed by atoms with E-state index in [1.807, 2.05) is 0 Å². The minimum atomic E-state index is -0.812. The molecule has 0 amide bonds. The predicted molar refractivity (Wildman–Crippen MR) is 325 cm³/mol. The molecule has 0 aliphatic heterocycles. The molecule has 0 radical (unpaired) electrons. The van der Waals surface area contributed by atoms with Gasteiger partial charge in [-0.15, -0.1) is 0 Å². The monoisotopic (exact) mass is 1030 g/mol. The Hall–Kier alpha value is -4.97. The van der Waals surface area contributed by atoms with Gasteiger partial charge >= 0.3 is 17.9 Å². The molecule has 0 rings (SSSR count). The van der Waals surface area contributed by atoms with E-state index in [4.69, 9.17) is 14.2 Å². The molecule has 6 nitrogen and oxygen atoms in total. The molecular weight excluding hydrogens is 925 g/mol. The van der Waals surface area contributed by atoms with Crippen molar-refractivity contribution in [1.29, 1.82) is 0 Å². The van der Waals surface area contributed by atoms with E-state index in [-0.39, 0.29) is 31.1 Å². The summed E-state index contributed by atoms with van der Waals surface area (Å²) in [5, 5.41) is 0. The lowest BCUT2D eigenvalue weighted by Crippen LogP contribution is -2.30. The van der Waals surface area contributed by atoms with Gasteiger partial charge < -0.3 is 14.2 Å². The molecule has 420 valence electrons. The fourth-order valence-electron chi connectivity index (χ4n) is 7.63. The molecule has 0 aromatic rings. The summed E-state index contributed by atoms with van der Waals surface area (Å²) in [6, 6.07) is 0. The van der Waals surface area contributed by atoms with Crippen molar-refractivity contribution in [3.8, 4) is 0 Å². The molecule has 0 saturated carbocycles. The Labute approximate surface area is 460 Å². The highest BCUT2D eigenvalue weighted by Crippen LogP contribution is 2.13. The summed E-state index contributed by atoms with van der Waals surface area (Å²) in [5.74, 6) is -0.972. The van der Waals surface area contributed by atoms with Gasteiger partial charge in [0, 0.05) is 19.3 Å². The molecule has 1 atom stereocenters. The number of hydrogen-bond donors (Lipinski definition) is 0. The van der Waals surface area contributed by atoms with Crippen molar-refractivity contribution >= 4 is 17.9 Å². The molecule has 0 aromatic carbocycles. The Morgan fingerprint density at radius 3 is 0.760 bits per heavy atom. The fraction of sp³-hybridized carbons (Fsp3) is 0.580. The summed E-state index contributed by atoms with van der Waals surface area (Å²) < 4.78 is 16.8. The van der Waals surface area contributed by atoms with Gasteiger partial charge in [-0.1, -0.05) is 237 Å². The van der Waals surface area contributed by atoms with Crippen molar-refractivity contribution in [2.75, 3.05) is 13.2 Å². The number of esters is 3. The van der Waals surface area contributed by atoms with Gasteiger partial charge in [0.15, 0.2) is 6.10 Å². The van der Waals surface area contributed by atoms with Crippen molar-refractivity contribution in [3.05, 3.63) is 158 Å². The summed E-state index contributed by atoms with van der Waals surface area (Å²) in [6.07, 6.45) is 89.6. The molecule has 0 fully saturated rings. The van der Waals surface area contributed by atoms with Crippen LogP contribution in [0.25, 0.3) is 0 Å². The van der Waals surface area contributed by atoms with Crippen molar-refractivity contribution in [2.24, 2.45) is 0 Å². The van der Waals surface area contributed by atoms with Gasteiger partial charge in [-0.3, -0.25) is 14.4 Å². The standard InChI is InChI=1S/C69H108O6/c1-4-7-10-13-16-19-22-25-27-28-29-30-31-32-33-34-35-36-37-38-39-40-42-44-47-50-53-56-59-62-68(71)74-65-66(64-73-67(70)61-58-55-52-49-46-43-24-21-18-15-12-9-6-3)75-69(72)63-60-57-54-51-48-45-41-26-23-20-17-14-11-8-5-2/h7-12,16-21,25-27,29-30,32-33,35-36,38-39,41,43,46,66H,4-6,13-15,22-24,28,31,34,37,40,42,44-45,47-65H2,1-3H3/b10-7-,11-8-,12-9-,19-16-,20-17-,21-18-,27-25-,30-29-,33-32-,36-35-,39-38-,41-26-,46-43-. The third-order valence-electron chi connectivity index (χ3n) is 12.0. The number of ether oxygens (including phenoxy) is 3. The first-order valence-electron chi connectivity index (χ1n) is 30.0. The van der Waals surface area contributed by atoms with Crippen LogP contribution in [0, 0.1) is 0 Å². The van der Waals surface area contributed by atoms with E-state index in [1.165, 1.54) is 25.7 Å². The average Bonchev–Trinajstić information content (AvgIpc) is 3.41. The first-order chi connectivity index (χ1) is 37.0. The molecule has 0 N–H and O–H groups in total. The molecule has 0 aliphatic carbocycles. The zero-order chi connectivity index (χ0) is 54.3. The van der Waals surface area contributed by atoms with Crippen LogP contribution in [0.2, 0.25) is 0 Å². The Morgan fingerprint density at radius 1 is 0.267 bits per heavy atom. The summed E-state index contributed by atoms with van der Waals surface area (Å²) in [7, 11) is 0. The van der Waals surface area contributed by atoms with E-state index < -0.39 is 6.10 Å². The number of rotatable bonds is 52. The molecule has 0 spiro atoms. The van der Waals surface area contributed by atoms with E-state index in [2.05, 4.69) is 179 Å². The van der Waals surface area contributed by atoms with Crippen LogP contribution >= 0.6 is 0 Å². The number of carbonyl (C=O) groups is 3. The summed E-state index contributed by atoms with van der Waals surface area (Å²) in [5.41, 5.74) is 0. The number of allylic oxidation sites excluding steroid dienone is 26. The van der Waals surface area contributed by atoms with Gasteiger partial charge in [-0.25, -0.2) is 0 Å². The maximum Gasteiger partial charge on any atom is 0.306 e. The zero-order valence-corrected chi connectivity index (χ0v) is 48.0. The number of carbonyl (C=O) groups excluding carboxylic acids is 3. The average molecular weight is 1030 g/mol. The summed E-state index contributed by atoms with van der Waals surface area (Å²) in [4.78, 5) is 38.2. The van der Waals surface area contributed by atoms with Gasteiger partial charge in [-0.05, 0) is 141 Å². The van der Waals surface area contributed by atoms with Gasteiger partial charge in [0.2, 0.25) is 0 Å². The lowest BCUT2D eigenvalue weighted by Gasteiger charge is -2.18. The highest BCUT2D eigenvalue weighted by atomic mass is 16.6. The quantitative estimate of drug-likeness (QED) is 0.0261. The maximum atomic E-state index is 12.9. The van der Waals surface area contributed by atoms with E-state index in [1.54, 1.807) is 0 Å². The molecule has 75 heavy (non-hydrogen) atoms. The number of unbranched alkanes of at least 4 members (excludes halogenated alkanes) is 15. The van der Waals surface area contributed by atoms with Gasteiger partial charge in [-0.2, -0.15) is 0 Å². The second kappa shape index (κ2) is 61.6. The largest absolute Gasteiger partial charge is 0.462 e. The molecule has 0 heterocycles. The molecule has 0 saturated heterocycles. The Bertz CT molecular complexity index is 1710. The fourth-order valence-corrected chi connectivity index (χ4v) is 7.63. The van der Waals surface area contributed by atoms with Crippen molar-refractivity contribution in [1.82, 2.24) is 0 Å². The first-order valence-corrected chi connectivity index (χ1v) is 30.0. The van der Waals surface area contributed by atoms with Crippen molar-refractivity contribution < 1.29 is 28.6 Å². The van der Waals surface area contributed by atoms with Crippen molar-refractivity contribution in [2.45, 2.75) is 245 Å². The second-order valence-corrected chi connectivity index (χ2v) is 19.1. The lowest BCUT2D eigenvalue weighted by atomic mass is 10.1. The predicted octanol–water partition coefficient (Wildman–Crippen LogP) is 20.5. The van der Waals surface area contributed by atoms with Crippen LogP contribution in [-0.4, -0.2) is 37.2 Å².